The minimum Gasteiger partial charge on any atom is -0.457 e. The van der Waals surface area contributed by atoms with E-state index >= 15 is 0 Å². The largest absolute Gasteiger partial charge is 0.457 e. The van der Waals surface area contributed by atoms with Crippen molar-refractivity contribution in [2.45, 2.75) is 0 Å². The fourth-order valence-corrected chi connectivity index (χ4v) is 3.90. The van der Waals surface area contributed by atoms with E-state index in [0.717, 1.165) is 17.0 Å². The molecule has 156 valence electrons. The van der Waals surface area contributed by atoms with Crippen LogP contribution in [0.15, 0.2) is 39.7 Å². The Morgan fingerprint density at radius 1 is 1.13 bits per heavy atom. The molecule has 0 saturated carbocycles. The molecule has 0 spiro atoms. The number of carbonyl (C=O) groups excluding carboxylic acids is 3. The van der Waals surface area contributed by atoms with Gasteiger partial charge in [0.05, 0.1) is 23.7 Å². The van der Waals surface area contributed by atoms with Gasteiger partial charge in [0.2, 0.25) is 5.91 Å². The predicted molar refractivity (Wildman–Crippen MR) is 104 cm³/mol. The number of imide groups is 1. The number of carbonyl (C=O) groups is 3. The summed E-state index contributed by atoms with van der Waals surface area (Å²) in [4.78, 5) is 39.7. The minimum atomic E-state index is -0.780. The average Bonchev–Trinajstić information content (AvgIpc) is 3.29. The molecule has 1 aromatic carbocycles. The van der Waals surface area contributed by atoms with E-state index in [0.29, 0.717) is 38.1 Å². The normalized spacial score (nSPS) is 18.5. The van der Waals surface area contributed by atoms with Crippen LogP contribution < -0.4 is 0 Å². The van der Waals surface area contributed by atoms with Crippen LogP contribution in [0.2, 0.25) is 0 Å². The maximum absolute atomic E-state index is 13.9. The lowest BCUT2D eigenvalue weighted by Crippen LogP contribution is -2.46. The monoisotopic (exact) mass is 434 g/mol. The first-order chi connectivity index (χ1) is 14.4. The number of halogens is 2. The maximum atomic E-state index is 13.9. The third-order valence-electron chi connectivity index (χ3n) is 4.63. The van der Waals surface area contributed by atoms with E-state index in [4.69, 9.17) is 9.15 Å². The van der Waals surface area contributed by atoms with Crippen LogP contribution in [0, 0.1) is 11.6 Å². The Labute approximate surface area is 174 Å². The fraction of sp³-hybridized carbons (Fsp3) is 0.250. The molecule has 2 saturated heterocycles. The molecule has 30 heavy (non-hydrogen) atoms. The molecule has 7 nitrogen and oxygen atoms in total. The number of morpholine rings is 1. The van der Waals surface area contributed by atoms with Crippen molar-refractivity contribution in [2.24, 2.45) is 0 Å². The molecule has 4 rings (SSSR count). The lowest BCUT2D eigenvalue weighted by atomic mass is 10.1. The van der Waals surface area contributed by atoms with Crippen LogP contribution >= 0.6 is 11.8 Å². The fourth-order valence-electron chi connectivity index (χ4n) is 3.08. The molecule has 0 unspecified atom stereocenters. The number of amides is 3. The third kappa shape index (κ3) is 4.14. The second kappa shape index (κ2) is 8.41. The molecule has 2 aliphatic heterocycles. The molecule has 1 aromatic heterocycles. The van der Waals surface area contributed by atoms with Crippen LogP contribution in [0.5, 0.6) is 0 Å². The first-order valence-corrected chi connectivity index (χ1v) is 9.90. The third-order valence-corrected chi connectivity index (χ3v) is 5.53. The van der Waals surface area contributed by atoms with Gasteiger partial charge in [0, 0.05) is 25.2 Å². The highest BCUT2D eigenvalue weighted by Crippen LogP contribution is 2.33. The summed E-state index contributed by atoms with van der Waals surface area (Å²) in [7, 11) is 0. The van der Waals surface area contributed by atoms with Crippen molar-refractivity contribution in [2.75, 3.05) is 32.8 Å². The Morgan fingerprint density at radius 2 is 1.90 bits per heavy atom. The number of nitrogens with zero attached hydrogens (tertiary/aromatic N) is 2. The van der Waals surface area contributed by atoms with Gasteiger partial charge in [-0.05, 0) is 36.0 Å². The highest BCUT2D eigenvalue weighted by molar-refractivity contribution is 8.18. The van der Waals surface area contributed by atoms with Gasteiger partial charge in [-0.2, -0.15) is 0 Å². The number of rotatable bonds is 4. The standard InChI is InChI=1S/C20H16F2N2O5S/c21-12-1-3-14(15(22)9-12)16-4-2-13(29-16)10-17-19(26)24(20(27)30-17)11-18(25)23-5-7-28-8-6-23/h1-4,9-10H,5-8,11H2/b17-10-. The first kappa shape index (κ1) is 20.3. The van der Waals surface area contributed by atoms with Gasteiger partial charge in [0.25, 0.3) is 11.1 Å². The van der Waals surface area contributed by atoms with Crippen molar-refractivity contribution < 1.29 is 32.3 Å². The quantitative estimate of drug-likeness (QED) is 0.688. The Morgan fingerprint density at radius 3 is 2.63 bits per heavy atom. The maximum Gasteiger partial charge on any atom is 0.294 e. The topological polar surface area (TPSA) is 80.1 Å². The summed E-state index contributed by atoms with van der Waals surface area (Å²) in [6.07, 6.45) is 1.36. The smallest absolute Gasteiger partial charge is 0.294 e. The number of hydrogen-bond acceptors (Lipinski definition) is 6. The van der Waals surface area contributed by atoms with Crippen LogP contribution in [-0.2, 0) is 14.3 Å². The number of hydrogen-bond donors (Lipinski definition) is 0. The van der Waals surface area contributed by atoms with Crippen molar-refractivity contribution in [3.8, 4) is 11.3 Å². The molecule has 0 bridgehead atoms. The minimum absolute atomic E-state index is 0.0697. The summed E-state index contributed by atoms with van der Waals surface area (Å²) in [5.74, 6) is -2.04. The van der Waals surface area contributed by atoms with Crippen molar-refractivity contribution >= 4 is 34.9 Å². The lowest BCUT2D eigenvalue weighted by molar-refractivity contribution is -0.139. The summed E-state index contributed by atoms with van der Waals surface area (Å²) in [5.41, 5.74) is 0.0697. The molecule has 3 amide bonds. The number of ether oxygens (including phenoxy) is 1. The molecule has 2 fully saturated rings. The van der Waals surface area contributed by atoms with Gasteiger partial charge in [-0.15, -0.1) is 0 Å². The molecule has 2 aromatic rings. The van der Waals surface area contributed by atoms with Crippen LogP contribution in [0.1, 0.15) is 5.76 Å². The second-order valence-electron chi connectivity index (χ2n) is 6.59. The van der Waals surface area contributed by atoms with Gasteiger partial charge in [0.15, 0.2) is 0 Å². The van der Waals surface area contributed by atoms with Crippen LogP contribution in [0.25, 0.3) is 17.4 Å². The van der Waals surface area contributed by atoms with Gasteiger partial charge in [0.1, 0.15) is 29.7 Å². The van der Waals surface area contributed by atoms with Crippen molar-refractivity contribution in [3.05, 3.63) is 52.6 Å². The number of furan rings is 1. The van der Waals surface area contributed by atoms with Gasteiger partial charge < -0.3 is 14.1 Å². The summed E-state index contributed by atoms with van der Waals surface area (Å²) in [5, 5.41) is -0.552. The van der Waals surface area contributed by atoms with E-state index in [1.165, 1.54) is 24.3 Å². The summed E-state index contributed by atoms with van der Waals surface area (Å²) in [6.45, 7) is 1.33. The molecule has 3 heterocycles. The Balaban J connectivity index is 1.48. The summed E-state index contributed by atoms with van der Waals surface area (Å²) < 4.78 is 37.7. The zero-order valence-electron chi connectivity index (χ0n) is 15.6. The van der Waals surface area contributed by atoms with Crippen LogP contribution in [0.4, 0.5) is 13.6 Å². The van der Waals surface area contributed by atoms with E-state index in [1.54, 1.807) is 4.90 Å². The van der Waals surface area contributed by atoms with Gasteiger partial charge >= 0.3 is 0 Å². The number of thioether (sulfide) groups is 1. The molecular weight excluding hydrogens is 418 g/mol. The number of benzene rings is 1. The molecule has 0 aliphatic carbocycles. The van der Waals surface area contributed by atoms with Gasteiger partial charge in [-0.3, -0.25) is 19.3 Å². The first-order valence-electron chi connectivity index (χ1n) is 9.08. The molecule has 10 heteroatoms. The Bertz CT molecular complexity index is 1050. The predicted octanol–water partition coefficient (Wildman–Crippen LogP) is 3.12. The highest BCUT2D eigenvalue weighted by atomic mass is 32.2. The van der Waals surface area contributed by atoms with E-state index < -0.39 is 22.8 Å². The van der Waals surface area contributed by atoms with Crippen molar-refractivity contribution in [1.82, 2.24) is 9.80 Å². The summed E-state index contributed by atoms with van der Waals surface area (Å²) >= 11 is 0.695. The zero-order valence-corrected chi connectivity index (χ0v) is 16.4. The molecule has 0 radical (unpaired) electrons. The lowest BCUT2D eigenvalue weighted by Gasteiger charge is -2.27. The van der Waals surface area contributed by atoms with Gasteiger partial charge in [-0.1, -0.05) is 0 Å². The molecule has 0 atom stereocenters. The SMILES string of the molecule is O=C(CN1C(=O)S/C(=C\c2ccc(-c3ccc(F)cc3F)o2)C1=O)N1CCOCC1. The van der Waals surface area contributed by atoms with Crippen molar-refractivity contribution in [3.63, 3.8) is 0 Å². The van der Waals surface area contributed by atoms with Crippen LogP contribution in [-0.4, -0.2) is 59.7 Å². The molecular formula is C20H16F2N2O5S. The van der Waals surface area contributed by atoms with Crippen molar-refractivity contribution in [1.29, 1.82) is 0 Å². The average molecular weight is 434 g/mol. The van der Waals surface area contributed by atoms with Crippen LogP contribution in [0.3, 0.4) is 0 Å². The summed E-state index contributed by atoms with van der Waals surface area (Å²) in [6, 6.07) is 6.09. The molecule has 0 N–H and O–H groups in total. The van der Waals surface area contributed by atoms with E-state index in [9.17, 15) is 23.2 Å². The zero-order chi connectivity index (χ0) is 21.3. The van der Waals surface area contributed by atoms with E-state index in [2.05, 4.69) is 0 Å². The van der Waals surface area contributed by atoms with Gasteiger partial charge in [-0.25, -0.2) is 8.78 Å². The second-order valence-corrected chi connectivity index (χ2v) is 7.58. The Kier molecular flexibility index (Phi) is 5.69. The molecule has 2 aliphatic rings. The van der Waals surface area contributed by atoms with E-state index in [-0.39, 0.29) is 34.4 Å². The highest BCUT2D eigenvalue weighted by Gasteiger charge is 2.37. The van der Waals surface area contributed by atoms with E-state index in [1.807, 2.05) is 0 Å². The Hall–Kier alpha value is -2.98.